The first-order chi connectivity index (χ1) is 10.8. The van der Waals surface area contributed by atoms with E-state index in [2.05, 4.69) is 0 Å². The third-order valence-corrected chi connectivity index (χ3v) is 6.36. The van der Waals surface area contributed by atoms with Crippen molar-refractivity contribution >= 4 is 15.9 Å². The first-order valence-corrected chi connectivity index (χ1v) is 10.5. The van der Waals surface area contributed by atoms with Crippen LogP contribution in [0, 0.1) is 0 Å². The van der Waals surface area contributed by atoms with Crippen LogP contribution in [0.2, 0.25) is 0 Å². The lowest BCUT2D eigenvalue weighted by Crippen LogP contribution is -2.50. The van der Waals surface area contributed by atoms with E-state index in [0.29, 0.717) is 19.5 Å². The summed E-state index contributed by atoms with van der Waals surface area (Å²) in [6, 6.07) is 0. The van der Waals surface area contributed by atoms with Gasteiger partial charge in [0.15, 0.2) is 0 Å². The third-order valence-electron chi connectivity index (χ3n) is 5.11. The Bertz CT molecular complexity index is 518. The van der Waals surface area contributed by atoms with Crippen molar-refractivity contribution in [3.05, 3.63) is 0 Å². The zero-order chi connectivity index (χ0) is 17.1. The van der Waals surface area contributed by atoms with E-state index in [-0.39, 0.29) is 17.6 Å². The highest BCUT2D eigenvalue weighted by molar-refractivity contribution is 7.88. The van der Waals surface area contributed by atoms with Crippen LogP contribution in [0.25, 0.3) is 0 Å². The predicted octanol–water partition coefficient (Wildman–Crippen LogP) is 1.61. The monoisotopic (exact) mass is 346 g/mol. The molecule has 0 aromatic heterocycles. The molecule has 2 atom stereocenters. The highest BCUT2D eigenvalue weighted by Gasteiger charge is 2.44. The van der Waals surface area contributed by atoms with Crippen molar-refractivity contribution in [1.82, 2.24) is 9.21 Å². The zero-order valence-corrected chi connectivity index (χ0v) is 15.4. The molecule has 0 bridgehead atoms. The van der Waals surface area contributed by atoms with Gasteiger partial charge in [0, 0.05) is 32.6 Å². The fraction of sp³-hybridized carbons (Fsp3) is 0.938. The maximum absolute atomic E-state index is 12.1. The summed E-state index contributed by atoms with van der Waals surface area (Å²) < 4.78 is 31.3. The summed E-state index contributed by atoms with van der Waals surface area (Å²) in [5.74, 6) is 0.181. The number of carbonyl (C=O) groups excluding carboxylic acids is 1. The molecular formula is C16H30N2O4S. The molecule has 2 aliphatic heterocycles. The van der Waals surface area contributed by atoms with Gasteiger partial charge in [-0.05, 0) is 46.0 Å². The lowest BCUT2D eigenvalue weighted by atomic mass is 9.91. The number of ether oxygens (including phenoxy) is 1. The minimum Gasteiger partial charge on any atom is -0.370 e. The summed E-state index contributed by atoms with van der Waals surface area (Å²) in [6.07, 6.45) is 6.16. The lowest BCUT2D eigenvalue weighted by Gasteiger charge is -2.39. The van der Waals surface area contributed by atoms with E-state index in [0.717, 1.165) is 45.2 Å². The molecule has 1 spiro atoms. The topological polar surface area (TPSA) is 66.9 Å². The highest BCUT2D eigenvalue weighted by atomic mass is 32.2. The second-order valence-electron chi connectivity index (χ2n) is 6.77. The van der Waals surface area contributed by atoms with Gasteiger partial charge >= 0.3 is 0 Å². The molecule has 6 nitrogen and oxygen atoms in total. The predicted molar refractivity (Wildman–Crippen MR) is 89.7 cm³/mol. The van der Waals surface area contributed by atoms with Crippen molar-refractivity contribution in [2.24, 2.45) is 0 Å². The van der Waals surface area contributed by atoms with Crippen LogP contribution >= 0.6 is 0 Å². The Morgan fingerprint density at radius 2 is 2.00 bits per heavy atom. The minimum absolute atomic E-state index is 0.0778. The van der Waals surface area contributed by atoms with Crippen molar-refractivity contribution in [1.29, 1.82) is 0 Å². The van der Waals surface area contributed by atoms with E-state index >= 15 is 0 Å². The van der Waals surface area contributed by atoms with E-state index in [9.17, 15) is 13.2 Å². The largest absolute Gasteiger partial charge is 0.370 e. The number of rotatable bonds is 6. The number of amides is 1. The molecule has 2 fully saturated rings. The quantitative estimate of drug-likeness (QED) is 0.733. The fourth-order valence-electron chi connectivity index (χ4n) is 3.76. The van der Waals surface area contributed by atoms with Crippen LogP contribution in [0.3, 0.4) is 0 Å². The van der Waals surface area contributed by atoms with Crippen LogP contribution in [0.1, 0.15) is 52.4 Å². The van der Waals surface area contributed by atoms with Crippen molar-refractivity contribution in [3.63, 3.8) is 0 Å². The standard InChI is InChI=1S/C16H30N2O4S/c1-4-17(5-2)15(19)8-7-14-9-11-16(22-14)10-6-12-18(13-16)23(3,20)21/h14H,4-13H2,1-3H3/t14-,16+/m1/s1. The SMILES string of the molecule is CCN(CC)C(=O)CC[C@@H]1CC[C@]2(CCCN(S(C)(=O)=O)C2)O1. The number of hydrogen-bond acceptors (Lipinski definition) is 4. The lowest BCUT2D eigenvalue weighted by molar-refractivity contribution is -0.132. The average molecular weight is 346 g/mol. The van der Waals surface area contributed by atoms with Gasteiger partial charge in [0.2, 0.25) is 15.9 Å². The number of nitrogens with zero attached hydrogens (tertiary/aromatic N) is 2. The van der Waals surface area contributed by atoms with E-state index in [1.807, 2.05) is 18.7 Å². The van der Waals surface area contributed by atoms with Crippen LogP contribution in [0.4, 0.5) is 0 Å². The maximum Gasteiger partial charge on any atom is 0.222 e. The Morgan fingerprint density at radius 1 is 1.30 bits per heavy atom. The molecule has 7 heteroatoms. The van der Waals surface area contributed by atoms with Gasteiger partial charge in [-0.3, -0.25) is 4.79 Å². The third kappa shape index (κ3) is 4.67. The molecule has 134 valence electrons. The van der Waals surface area contributed by atoms with Crippen LogP contribution < -0.4 is 0 Å². The molecular weight excluding hydrogens is 316 g/mol. The molecule has 1 amide bonds. The van der Waals surface area contributed by atoms with Gasteiger partial charge in [-0.1, -0.05) is 0 Å². The van der Waals surface area contributed by atoms with E-state index < -0.39 is 10.0 Å². The summed E-state index contributed by atoms with van der Waals surface area (Å²) >= 11 is 0. The molecule has 0 unspecified atom stereocenters. The summed E-state index contributed by atoms with van der Waals surface area (Å²) in [6.45, 7) is 6.53. The van der Waals surface area contributed by atoms with E-state index in [4.69, 9.17) is 4.74 Å². The number of piperidine rings is 1. The summed E-state index contributed by atoms with van der Waals surface area (Å²) in [4.78, 5) is 13.9. The van der Waals surface area contributed by atoms with Gasteiger partial charge in [0.25, 0.3) is 0 Å². The Hall–Kier alpha value is -0.660. The second-order valence-corrected chi connectivity index (χ2v) is 8.75. The van der Waals surface area contributed by atoms with Crippen LogP contribution in [0.5, 0.6) is 0 Å². The Kier molecular flexibility index (Phi) is 6.08. The van der Waals surface area contributed by atoms with Crippen LogP contribution in [-0.4, -0.2) is 67.7 Å². The average Bonchev–Trinajstić information content (AvgIpc) is 2.88. The van der Waals surface area contributed by atoms with Gasteiger partial charge in [-0.25, -0.2) is 8.42 Å². The molecule has 0 radical (unpaired) electrons. The van der Waals surface area contributed by atoms with Gasteiger partial charge < -0.3 is 9.64 Å². The van der Waals surface area contributed by atoms with E-state index in [1.54, 1.807) is 4.31 Å². The Morgan fingerprint density at radius 3 is 2.61 bits per heavy atom. The molecule has 0 saturated carbocycles. The fourth-order valence-corrected chi connectivity index (χ4v) is 4.69. The number of sulfonamides is 1. The van der Waals surface area contributed by atoms with Crippen molar-refractivity contribution in [2.45, 2.75) is 64.1 Å². The molecule has 2 rings (SSSR count). The molecule has 2 aliphatic rings. The van der Waals surface area contributed by atoms with Crippen molar-refractivity contribution < 1.29 is 17.9 Å². The first kappa shape index (κ1) is 18.7. The molecule has 2 heterocycles. The normalized spacial score (nSPS) is 29.1. The second kappa shape index (κ2) is 7.49. The Labute approximate surface area is 140 Å². The van der Waals surface area contributed by atoms with Crippen molar-refractivity contribution in [3.8, 4) is 0 Å². The number of carbonyl (C=O) groups is 1. The zero-order valence-electron chi connectivity index (χ0n) is 14.6. The summed E-state index contributed by atoms with van der Waals surface area (Å²) in [7, 11) is -3.16. The first-order valence-electron chi connectivity index (χ1n) is 8.70. The molecule has 2 saturated heterocycles. The smallest absolute Gasteiger partial charge is 0.222 e. The molecule has 0 aromatic carbocycles. The molecule has 0 N–H and O–H groups in total. The minimum atomic E-state index is -3.16. The van der Waals surface area contributed by atoms with Gasteiger partial charge in [-0.2, -0.15) is 4.31 Å². The maximum atomic E-state index is 12.1. The van der Waals surface area contributed by atoms with Crippen molar-refractivity contribution in [2.75, 3.05) is 32.4 Å². The number of hydrogen-bond donors (Lipinski definition) is 0. The summed E-state index contributed by atoms with van der Waals surface area (Å²) in [5.41, 5.74) is -0.329. The molecule has 0 aromatic rings. The highest BCUT2D eigenvalue weighted by Crippen LogP contribution is 2.39. The van der Waals surface area contributed by atoms with Crippen LogP contribution in [-0.2, 0) is 19.6 Å². The Balaban J connectivity index is 1.87. The molecule has 23 heavy (non-hydrogen) atoms. The van der Waals surface area contributed by atoms with Gasteiger partial charge in [0.1, 0.15) is 0 Å². The molecule has 0 aliphatic carbocycles. The van der Waals surface area contributed by atoms with E-state index in [1.165, 1.54) is 6.26 Å². The van der Waals surface area contributed by atoms with Gasteiger partial charge in [0.05, 0.1) is 18.0 Å². The summed E-state index contributed by atoms with van der Waals surface area (Å²) in [5, 5.41) is 0. The van der Waals surface area contributed by atoms with Gasteiger partial charge in [-0.15, -0.1) is 0 Å². The van der Waals surface area contributed by atoms with Crippen LogP contribution in [0.15, 0.2) is 0 Å².